The number of oxime groups is 1. The summed E-state index contributed by atoms with van der Waals surface area (Å²) in [5.74, 6) is -4.29. The van der Waals surface area contributed by atoms with Gasteiger partial charge in [-0.2, -0.15) is 9.55 Å². The van der Waals surface area contributed by atoms with E-state index in [0.717, 1.165) is 16.5 Å². The number of nitrogen functional groups attached to an aromatic ring is 1. The maximum Gasteiger partial charge on any atom is 0.380 e. The maximum atomic E-state index is 13.2. The normalized spacial score (nSPS) is 19.3. The number of aliphatic carboxylic acids is 2. The lowest BCUT2D eigenvalue weighted by atomic mass is 10.0. The van der Waals surface area contributed by atoms with Gasteiger partial charge in [0.25, 0.3) is 17.8 Å². The highest BCUT2D eigenvalue weighted by molar-refractivity contribution is 8.00. The van der Waals surface area contributed by atoms with Crippen molar-refractivity contribution < 1.29 is 47.6 Å². The average molecular weight is 571 g/mol. The van der Waals surface area contributed by atoms with Crippen molar-refractivity contribution >= 4 is 58.3 Å². The van der Waals surface area contributed by atoms with Crippen LogP contribution in [0.15, 0.2) is 62.2 Å². The Morgan fingerprint density at radius 1 is 1.38 bits per heavy atom. The number of carbonyl (C=O) groups excluding carboxylic acids is 3. The average Bonchev–Trinajstić information content (AvgIpc) is 3.56. The minimum atomic E-state index is -1.80. The second kappa shape index (κ2) is 10.0. The fourth-order valence-electron chi connectivity index (χ4n) is 4.12. The van der Waals surface area contributed by atoms with Crippen molar-refractivity contribution in [3.8, 4) is 0 Å². The Morgan fingerprint density at radius 2 is 2.15 bits per heavy atom. The van der Waals surface area contributed by atoms with E-state index in [1.165, 1.54) is 31.9 Å². The first-order chi connectivity index (χ1) is 19.0. The minimum absolute atomic E-state index is 0.135. The fourth-order valence-corrected chi connectivity index (χ4v) is 5.46. The summed E-state index contributed by atoms with van der Waals surface area (Å²) in [4.78, 5) is 59.8. The molecule has 3 aromatic heterocycles. The number of nitrogens with two attached hydrogens (primary N) is 1. The van der Waals surface area contributed by atoms with Crippen LogP contribution in [0.5, 0.6) is 0 Å². The summed E-state index contributed by atoms with van der Waals surface area (Å²) in [6, 6.07) is 3.99. The summed E-state index contributed by atoms with van der Waals surface area (Å²) >= 11 is 1.25. The first kappa shape index (κ1) is 26.7. The van der Waals surface area contributed by atoms with Gasteiger partial charge in [0.2, 0.25) is 5.60 Å². The van der Waals surface area contributed by atoms with E-state index in [4.69, 9.17) is 19.4 Å². The number of aromatic nitrogens is 2. The predicted octanol–water partition coefficient (Wildman–Crippen LogP) is -1.02. The van der Waals surface area contributed by atoms with Crippen molar-refractivity contribution in [2.75, 3.05) is 11.5 Å². The first-order valence-corrected chi connectivity index (χ1v) is 12.8. The number of pyridine rings is 1. The molecule has 3 aromatic rings. The number of carboxylic acid groups (broad SMARTS) is 2. The number of carbonyl (C=O) groups is 4. The van der Waals surface area contributed by atoms with Gasteiger partial charge in [-0.25, -0.2) is 4.79 Å². The van der Waals surface area contributed by atoms with Crippen LogP contribution in [0.25, 0.3) is 11.1 Å². The molecule has 0 aliphatic carbocycles. The van der Waals surface area contributed by atoms with E-state index in [2.05, 4.69) is 15.5 Å². The van der Waals surface area contributed by atoms with Gasteiger partial charge in [0.15, 0.2) is 18.5 Å². The number of nitrogens with zero attached hydrogens (tertiary/aromatic N) is 4. The Morgan fingerprint density at radius 3 is 2.83 bits per heavy atom. The molecule has 1 unspecified atom stereocenters. The maximum absolute atomic E-state index is 13.2. The molecule has 1 fully saturated rings. The minimum Gasteiger partial charge on any atom is -0.543 e. The molecule has 4 N–H and O–H groups in total. The van der Waals surface area contributed by atoms with Gasteiger partial charge in [0.05, 0.1) is 23.3 Å². The molecule has 0 spiro atoms. The van der Waals surface area contributed by atoms with Gasteiger partial charge in [0, 0.05) is 17.4 Å². The summed E-state index contributed by atoms with van der Waals surface area (Å²) in [7, 11) is 0. The lowest BCUT2D eigenvalue weighted by Crippen LogP contribution is -2.71. The molecular weight excluding hydrogens is 548 g/mol. The second-order valence-electron chi connectivity index (χ2n) is 9.34. The van der Waals surface area contributed by atoms with Crippen molar-refractivity contribution in [2.24, 2.45) is 5.16 Å². The standard InChI is InChI=1S/C24H22N6O9S/c1-24(2,22(35)36)39-28-14(13-9-38-23(25)26-13)17(31)27-15-18(32)30-16(21(33)34)12(10-40-20(15)30)8-29-6-3-4-11-5-7-37-19(11)29/h3-7,9,15,20H,8,10H2,1-2H3,(H4-,25,26,27,31,33,34,35,36)/b28-14-/t15?,20-/m1/s1. The van der Waals surface area contributed by atoms with Crippen molar-refractivity contribution in [2.45, 2.75) is 37.4 Å². The largest absolute Gasteiger partial charge is 0.543 e. The van der Waals surface area contributed by atoms with Crippen LogP contribution in [0.1, 0.15) is 19.5 Å². The summed E-state index contributed by atoms with van der Waals surface area (Å²) < 4.78 is 12.2. The molecule has 0 bridgehead atoms. The molecule has 0 saturated carbocycles. The van der Waals surface area contributed by atoms with Crippen LogP contribution in [-0.4, -0.2) is 67.2 Å². The molecule has 2 aliphatic heterocycles. The molecular formula is C24H22N6O9S. The smallest absolute Gasteiger partial charge is 0.380 e. The Bertz CT molecular complexity index is 1610. The molecule has 40 heavy (non-hydrogen) atoms. The lowest BCUT2D eigenvalue weighted by molar-refractivity contribution is -0.669. The molecule has 2 amide bonds. The van der Waals surface area contributed by atoms with Gasteiger partial charge in [-0.3, -0.25) is 14.5 Å². The van der Waals surface area contributed by atoms with Crippen LogP contribution in [-0.2, 0) is 30.6 Å². The highest BCUT2D eigenvalue weighted by atomic mass is 32.2. The Kier molecular flexibility index (Phi) is 6.70. The summed E-state index contributed by atoms with van der Waals surface area (Å²) in [5.41, 5.74) is 3.71. The van der Waals surface area contributed by atoms with Gasteiger partial charge in [-0.1, -0.05) is 5.16 Å². The topological polar surface area (TPSA) is 217 Å². The van der Waals surface area contributed by atoms with Crippen LogP contribution >= 0.6 is 11.8 Å². The number of β-lactam (4-membered cyclic amide) rings is 1. The second-order valence-corrected chi connectivity index (χ2v) is 10.4. The molecule has 208 valence electrons. The Hall–Kier alpha value is -4.86. The third-order valence-electron chi connectivity index (χ3n) is 6.23. The number of fused-ring (bicyclic) bond motifs is 2. The monoisotopic (exact) mass is 570 g/mol. The summed E-state index contributed by atoms with van der Waals surface area (Å²) in [6.07, 6.45) is 4.26. The zero-order valence-corrected chi connectivity index (χ0v) is 21.8. The van der Waals surface area contributed by atoms with Gasteiger partial charge < -0.3 is 39.7 Å². The van der Waals surface area contributed by atoms with E-state index in [1.807, 2.05) is 6.07 Å². The fraction of sp³-hybridized carbons (Fsp3) is 0.292. The van der Waals surface area contributed by atoms with E-state index in [-0.39, 0.29) is 29.7 Å². The molecule has 0 aromatic carbocycles. The molecule has 5 rings (SSSR count). The van der Waals surface area contributed by atoms with Gasteiger partial charge in [-0.05, 0) is 26.0 Å². The number of oxazole rings is 1. The number of hydrogen-bond donors (Lipinski definition) is 3. The lowest BCUT2D eigenvalue weighted by Gasteiger charge is -2.50. The van der Waals surface area contributed by atoms with Crippen LogP contribution in [0.4, 0.5) is 6.01 Å². The van der Waals surface area contributed by atoms with Crippen LogP contribution in [0, 0.1) is 0 Å². The van der Waals surface area contributed by atoms with Crippen molar-refractivity contribution in [1.29, 1.82) is 0 Å². The van der Waals surface area contributed by atoms with Crippen LogP contribution in [0.2, 0.25) is 0 Å². The molecule has 15 nitrogen and oxygen atoms in total. The first-order valence-electron chi connectivity index (χ1n) is 11.7. The van der Waals surface area contributed by atoms with E-state index < -0.39 is 46.5 Å². The summed E-state index contributed by atoms with van der Waals surface area (Å²) in [6.45, 7) is 2.57. The van der Waals surface area contributed by atoms with E-state index in [0.29, 0.717) is 11.3 Å². The molecule has 2 aliphatic rings. The molecule has 16 heteroatoms. The molecule has 2 atom stereocenters. The van der Waals surface area contributed by atoms with Crippen LogP contribution < -0.4 is 20.7 Å². The Labute approximate surface area is 229 Å². The molecule has 1 saturated heterocycles. The van der Waals surface area contributed by atoms with Gasteiger partial charge in [-0.15, -0.1) is 11.8 Å². The van der Waals surface area contributed by atoms with E-state index in [9.17, 15) is 29.4 Å². The van der Waals surface area contributed by atoms with Gasteiger partial charge in [0.1, 0.15) is 23.4 Å². The predicted molar refractivity (Wildman–Crippen MR) is 134 cm³/mol. The third-order valence-corrected chi connectivity index (χ3v) is 7.56. The zero-order chi connectivity index (χ0) is 28.8. The van der Waals surface area contributed by atoms with Crippen molar-refractivity contribution in [1.82, 2.24) is 15.2 Å². The highest BCUT2D eigenvalue weighted by Gasteiger charge is 2.53. The van der Waals surface area contributed by atoms with Crippen molar-refractivity contribution in [3.63, 3.8) is 0 Å². The number of carboxylic acids is 2. The number of hydrogen-bond acceptors (Lipinski definition) is 12. The van der Waals surface area contributed by atoms with Gasteiger partial charge >= 0.3 is 11.7 Å². The number of anilines is 1. The number of thioether (sulfide) groups is 1. The summed E-state index contributed by atoms with van der Waals surface area (Å²) in [5, 5.41) is 27.7. The van der Waals surface area contributed by atoms with E-state index >= 15 is 0 Å². The number of furan rings is 1. The molecule has 0 radical (unpaired) electrons. The zero-order valence-electron chi connectivity index (χ0n) is 21.0. The SMILES string of the molecule is CC(C)(O/N=C(\C(=O)NC1C(=O)N2C(C(=O)[O-])=C(C[n+]3cccc4ccoc43)CS[C@H]12)c1coc(N)n1)C(=O)O. The van der Waals surface area contributed by atoms with E-state index in [1.54, 1.807) is 22.9 Å². The van der Waals surface area contributed by atoms with Crippen LogP contribution in [0.3, 0.4) is 0 Å². The third kappa shape index (κ3) is 4.72. The molecule has 5 heterocycles. The Balaban J connectivity index is 1.38. The quantitative estimate of drug-likeness (QED) is 0.122. The van der Waals surface area contributed by atoms with Crippen molar-refractivity contribution in [3.05, 3.63) is 53.9 Å². The number of rotatable bonds is 9. The number of amides is 2. The highest BCUT2D eigenvalue weighted by Crippen LogP contribution is 2.40. The number of nitrogens with one attached hydrogen (secondary N) is 1.